The summed E-state index contributed by atoms with van der Waals surface area (Å²) in [5.41, 5.74) is 2.94. The molecule has 1 saturated heterocycles. The van der Waals surface area contributed by atoms with Crippen molar-refractivity contribution in [2.24, 2.45) is 0 Å². The van der Waals surface area contributed by atoms with Crippen LogP contribution in [-0.4, -0.2) is 72.5 Å². The third kappa shape index (κ3) is 6.30. The first-order chi connectivity index (χ1) is 17.7. The van der Waals surface area contributed by atoms with Crippen molar-refractivity contribution in [3.63, 3.8) is 0 Å². The van der Waals surface area contributed by atoms with Crippen LogP contribution in [0.4, 0.5) is 35.2 Å². The fourth-order valence-electron chi connectivity index (χ4n) is 3.79. The van der Waals surface area contributed by atoms with Gasteiger partial charge < -0.3 is 24.8 Å². The Hall–Kier alpha value is -3.84. The highest BCUT2D eigenvalue weighted by atomic mass is 19.4. The lowest BCUT2D eigenvalue weighted by Gasteiger charge is -2.28. The summed E-state index contributed by atoms with van der Waals surface area (Å²) in [5, 5.41) is 15.2. The van der Waals surface area contributed by atoms with Gasteiger partial charge in [-0.2, -0.15) is 14.8 Å². The molecule has 3 aromatic rings. The molecule has 198 valence electrons. The van der Waals surface area contributed by atoms with Gasteiger partial charge in [0.2, 0.25) is 5.88 Å². The molecule has 1 fully saturated rings. The third-order valence-corrected chi connectivity index (χ3v) is 5.79. The number of benzene rings is 1. The van der Waals surface area contributed by atoms with Crippen molar-refractivity contribution in [3.8, 4) is 17.0 Å². The van der Waals surface area contributed by atoms with E-state index in [0.29, 0.717) is 43.7 Å². The van der Waals surface area contributed by atoms with Gasteiger partial charge in [-0.3, -0.25) is 4.90 Å². The summed E-state index contributed by atoms with van der Waals surface area (Å²) < 4.78 is 49.4. The number of rotatable bonds is 7. The molecule has 0 saturated carbocycles. The number of aliphatic hydroxyl groups excluding tert-OH is 1. The maximum Gasteiger partial charge on any atom is 0.504 e. The SMILES string of the molecule is Cc1ccc(NC(=O)N(C)c2cnn(C(F)(F)F)c2)cc1-c1cc(OCCO)nc(N2CCOCC2)c1. The number of urea groups is 1. The van der Waals surface area contributed by atoms with Crippen LogP contribution >= 0.6 is 0 Å². The van der Waals surface area contributed by atoms with E-state index < -0.39 is 12.3 Å². The molecule has 1 aromatic carbocycles. The second-order valence-corrected chi connectivity index (χ2v) is 8.35. The van der Waals surface area contributed by atoms with Gasteiger partial charge in [-0.1, -0.05) is 6.07 Å². The second kappa shape index (κ2) is 11.0. The van der Waals surface area contributed by atoms with E-state index in [-0.39, 0.29) is 23.6 Å². The smallest absolute Gasteiger partial charge is 0.475 e. The molecular formula is C24H27F3N6O4. The predicted molar refractivity (Wildman–Crippen MR) is 131 cm³/mol. The Kier molecular flexibility index (Phi) is 7.83. The highest BCUT2D eigenvalue weighted by molar-refractivity contribution is 6.01. The molecule has 2 aromatic heterocycles. The van der Waals surface area contributed by atoms with E-state index in [1.54, 1.807) is 18.2 Å². The first-order valence-electron chi connectivity index (χ1n) is 11.5. The quantitative estimate of drug-likeness (QED) is 0.491. The van der Waals surface area contributed by atoms with E-state index in [9.17, 15) is 23.1 Å². The molecule has 1 aliphatic heterocycles. The minimum atomic E-state index is -4.67. The number of aryl methyl sites for hydroxylation is 1. The van der Waals surface area contributed by atoms with Crippen molar-refractivity contribution >= 4 is 23.2 Å². The molecule has 37 heavy (non-hydrogen) atoms. The Morgan fingerprint density at radius 2 is 2.00 bits per heavy atom. The molecule has 4 rings (SSSR count). The molecular weight excluding hydrogens is 493 g/mol. The van der Waals surface area contributed by atoms with Gasteiger partial charge in [-0.15, -0.1) is 13.2 Å². The minimum Gasteiger partial charge on any atom is -0.475 e. The Morgan fingerprint density at radius 1 is 1.24 bits per heavy atom. The number of ether oxygens (including phenoxy) is 2. The van der Waals surface area contributed by atoms with Gasteiger partial charge in [-0.25, -0.2) is 4.79 Å². The maximum atomic E-state index is 12.8. The molecule has 1 aliphatic rings. The van der Waals surface area contributed by atoms with Crippen molar-refractivity contribution in [1.82, 2.24) is 14.8 Å². The molecule has 2 amide bonds. The fraction of sp³-hybridized carbons (Fsp3) is 0.375. The van der Waals surface area contributed by atoms with Crippen LogP contribution in [0.5, 0.6) is 5.88 Å². The van der Waals surface area contributed by atoms with Gasteiger partial charge in [0.1, 0.15) is 12.4 Å². The summed E-state index contributed by atoms with van der Waals surface area (Å²) in [4.78, 5) is 20.5. The number of anilines is 3. The lowest BCUT2D eigenvalue weighted by molar-refractivity contribution is -0.212. The first kappa shape index (κ1) is 26.2. The van der Waals surface area contributed by atoms with E-state index in [1.807, 2.05) is 19.1 Å². The molecule has 3 heterocycles. The molecule has 0 spiro atoms. The molecule has 0 radical (unpaired) electrons. The number of carbonyl (C=O) groups excluding carboxylic acids is 1. The van der Waals surface area contributed by atoms with Gasteiger partial charge >= 0.3 is 12.3 Å². The monoisotopic (exact) mass is 520 g/mol. The number of nitrogens with zero attached hydrogens (tertiary/aromatic N) is 5. The second-order valence-electron chi connectivity index (χ2n) is 8.35. The van der Waals surface area contributed by atoms with Crippen LogP contribution in [0.2, 0.25) is 0 Å². The summed E-state index contributed by atoms with van der Waals surface area (Å²) in [6.07, 6.45) is -2.98. The number of amides is 2. The van der Waals surface area contributed by atoms with Crippen LogP contribution < -0.4 is 19.9 Å². The first-order valence-corrected chi connectivity index (χ1v) is 11.5. The van der Waals surface area contributed by atoms with E-state index in [2.05, 4.69) is 20.3 Å². The van der Waals surface area contributed by atoms with Gasteiger partial charge in [0.05, 0.1) is 37.9 Å². The van der Waals surface area contributed by atoms with Crippen LogP contribution in [-0.2, 0) is 11.0 Å². The third-order valence-electron chi connectivity index (χ3n) is 5.79. The lowest BCUT2D eigenvalue weighted by Crippen LogP contribution is -2.36. The number of carbonyl (C=O) groups is 1. The molecule has 10 nitrogen and oxygen atoms in total. The van der Waals surface area contributed by atoms with Crippen molar-refractivity contribution in [2.45, 2.75) is 13.2 Å². The number of hydrogen-bond donors (Lipinski definition) is 2. The largest absolute Gasteiger partial charge is 0.504 e. The van der Waals surface area contributed by atoms with Crippen molar-refractivity contribution in [2.75, 3.05) is 61.7 Å². The van der Waals surface area contributed by atoms with E-state index >= 15 is 0 Å². The summed E-state index contributed by atoms with van der Waals surface area (Å²) in [6, 6.07) is 8.35. The number of aliphatic hydroxyl groups is 1. The van der Waals surface area contributed by atoms with Crippen LogP contribution in [0.3, 0.4) is 0 Å². The van der Waals surface area contributed by atoms with Gasteiger partial charge in [-0.05, 0) is 41.8 Å². The summed E-state index contributed by atoms with van der Waals surface area (Å²) in [5.74, 6) is 1.05. The number of nitrogens with one attached hydrogen (secondary N) is 1. The Labute approximate surface area is 211 Å². The van der Waals surface area contributed by atoms with E-state index in [0.717, 1.165) is 34.0 Å². The van der Waals surface area contributed by atoms with Crippen molar-refractivity contribution < 1.29 is 32.5 Å². The van der Waals surface area contributed by atoms with Crippen LogP contribution in [0.15, 0.2) is 42.7 Å². The molecule has 13 heteroatoms. The van der Waals surface area contributed by atoms with Crippen LogP contribution in [0.25, 0.3) is 11.1 Å². The highest BCUT2D eigenvalue weighted by Gasteiger charge is 2.32. The normalized spacial score (nSPS) is 13.9. The molecule has 0 bridgehead atoms. The molecule has 0 aliphatic carbocycles. The molecule has 2 N–H and O–H groups in total. The zero-order valence-electron chi connectivity index (χ0n) is 20.3. The van der Waals surface area contributed by atoms with Crippen LogP contribution in [0.1, 0.15) is 5.56 Å². The predicted octanol–water partition coefficient (Wildman–Crippen LogP) is 3.61. The highest BCUT2D eigenvalue weighted by Crippen LogP contribution is 2.32. The number of morpholine rings is 1. The number of aromatic nitrogens is 3. The minimum absolute atomic E-state index is 0.0166. The van der Waals surface area contributed by atoms with E-state index in [4.69, 9.17) is 9.47 Å². The number of halogens is 3. The Balaban J connectivity index is 1.59. The summed E-state index contributed by atoms with van der Waals surface area (Å²) in [7, 11) is 1.35. The van der Waals surface area contributed by atoms with E-state index in [1.165, 1.54) is 7.05 Å². The Bertz CT molecular complexity index is 1240. The number of hydrogen-bond acceptors (Lipinski definition) is 7. The summed E-state index contributed by atoms with van der Waals surface area (Å²) in [6.45, 7) is 4.34. The molecule has 0 unspecified atom stereocenters. The van der Waals surface area contributed by atoms with Gasteiger partial charge in [0.25, 0.3) is 0 Å². The lowest BCUT2D eigenvalue weighted by atomic mass is 10.0. The van der Waals surface area contributed by atoms with Gasteiger partial charge in [0.15, 0.2) is 0 Å². The zero-order valence-corrected chi connectivity index (χ0v) is 20.3. The standard InChI is InChI=1S/C24H27F3N6O4/c1-16-3-4-18(29-23(35)31(2)19-14-28-33(15-19)24(25,26)27)13-20(16)17-11-21(32-5-8-36-9-6-32)30-22(12-17)37-10-7-34/h3-4,11-15,34H,5-10H2,1-2H3,(H,29,35). The summed E-state index contributed by atoms with van der Waals surface area (Å²) >= 11 is 0. The maximum absolute atomic E-state index is 12.8. The topological polar surface area (TPSA) is 105 Å². The number of alkyl halides is 3. The van der Waals surface area contributed by atoms with Crippen LogP contribution in [0, 0.1) is 6.92 Å². The van der Waals surface area contributed by atoms with Crippen molar-refractivity contribution in [3.05, 3.63) is 48.3 Å². The fourth-order valence-corrected chi connectivity index (χ4v) is 3.79. The van der Waals surface area contributed by atoms with Gasteiger partial charge in [0, 0.05) is 31.9 Å². The average molecular weight is 521 g/mol. The number of pyridine rings is 1. The Morgan fingerprint density at radius 3 is 2.68 bits per heavy atom. The van der Waals surface area contributed by atoms with Crippen molar-refractivity contribution in [1.29, 1.82) is 0 Å². The average Bonchev–Trinajstić information content (AvgIpc) is 3.39. The molecule has 0 atom stereocenters. The zero-order chi connectivity index (χ0) is 26.6.